The van der Waals surface area contributed by atoms with Crippen molar-refractivity contribution in [3.63, 3.8) is 0 Å². The molecule has 0 fully saturated rings. The minimum absolute atomic E-state index is 0.124. The van der Waals surface area contributed by atoms with Crippen LogP contribution < -0.4 is 0 Å². The highest BCUT2D eigenvalue weighted by Crippen LogP contribution is 2.21. The van der Waals surface area contributed by atoms with Gasteiger partial charge >= 0.3 is 0 Å². The maximum atomic E-state index is 12.2. The van der Waals surface area contributed by atoms with Gasteiger partial charge in [-0.25, -0.2) is 4.98 Å². The molecule has 0 radical (unpaired) electrons. The number of rotatable bonds is 1. The molecule has 4 heteroatoms. The van der Waals surface area contributed by atoms with Gasteiger partial charge < -0.3 is 4.90 Å². The lowest BCUT2D eigenvalue weighted by molar-refractivity contribution is 0.0757. The summed E-state index contributed by atoms with van der Waals surface area (Å²) in [5, 5.41) is 0.960. The van der Waals surface area contributed by atoms with Crippen LogP contribution in [0.3, 0.4) is 0 Å². The largest absolute Gasteiger partial charge is 0.334 e. The molecule has 1 aromatic heterocycles. The van der Waals surface area contributed by atoms with Crippen LogP contribution in [-0.2, 0) is 0 Å². The van der Waals surface area contributed by atoms with E-state index in [-0.39, 0.29) is 5.91 Å². The Bertz CT molecular complexity index is 436. The normalized spacial score (nSPS) is 20.2. The van der Waals surface area contributed by atoms with Crippen molar-refractivity contribution in [2.24, 2.45) is 5.92 Å². The first kappa shape index (κ1) is 11.3. The van der Waals surface area contributed by atoms with Crippen LogP contribution in [0.25, 0.3) is 0 Å². The zero-order valence-corrected chi connectivity index (χ0v) is 10.7. The molecule has 1 unspecified atom stereocenters. The molecule has 86 valence electrons. The van der Waals surface area contributed by atoms with Crippen LogP contribution >= 0.6 is 11.3 Å². The smallest absolute Gasteiger partial charge is 0.266 e. The number of carbonyl (C=O) groups excluding carboxylic acids is 1. The SMILES string of the molecule is Cc1nc(C)c(C(=O)N2CC=CC(C)C2)s1. The summed E-state index contributed by atoms with van der Waals surface area (Å²) in [6.07, 6.45) is 4.23. The number of thiazole rings is 1. The van der Waals surface area contributed by atoms with E-state index < -0.39 is 0 Å². The molecule has 1 atom stereocenters. The number of aromatic nitrogens is 1. The minimum atomic E-state index is 0.124. The first-order valence-corrected chi connectivity index (χ1v) is 6.29. The van der Waals surface area contributed by atoms with Crippen LogP contribution in [0.1, 0.15) is 27.3 Å². The fourth-order valence-corrected chi connectivity index (χ4v) is 2.83. The number of amides is 1. The molecule has 2 heterocycles. The van der Waals surface area contributed by atoms with Gasteiger partial charge in [0, 0.05) is 13.1 Å². The molecule has 1 aromatic rings. The Morgan fingerprint density at radius 1 is 1.56 bits per heavy atom. The molecular formula is C12H16N2OS. The van der Waals surface area contributed by atoms with Crippen LogP contribution in [0.4, 0.5) is 0 Å². The molecular weight excluding hydrogens is 220 g/mol. The van der Waals surface area contributed by atoms with Crippen LogP contribution in [-0.4, -0.2) is 28.9 Å². The summed E-state index contributed by atoms with van der Waals surface area (Å²) in [7, 11) is 0. The van der Waals surface area contributed by atoms with Crippen molar-refractivity contribution < 1.29 is 4.79 Å². The molecule has 0 spiro atoms. The highest BCUT2D eigenvalue weighted by Gasteiger charge is 2.22. The van der Waals surface area contributed by atoms with Gasteiger partial charge in [-0.05, 0) is 19.8 Å². The highest BCUT2D eigenvalue weighted by atomic mass is 32.1. The second-order valence-electron chi connectivity index (χ2n) is 4.26. The standard InChI is InChI=1S/C12H16N2OS/c1-8-5-4-6-14(7-8)12(15)11-9(2)13-10(3)16-11/h4-5,8H,6-7H2,1-3H3. The van der Waals surface area contributed by atoms with Gasteiger partial charge in [0.1, 0.15) is 4.88 Å². The lowest BCUT2D eigenvalue weighted by Gasteiger charge is -2.26. The molecule has 0 bridgehead atoms. The first-order valence-electron chi connectivity index (χ1n) is 5.48. The maximum absolute atomic E-state index is 12.2. The van der Waals surface area contributed by atoms with Gasteiger partial charge in [0.05, 0.1) is 10.7 Å². The van der Waals surface area contributed by atoms with Crippen molar-refractivity contribution in [2.75, 3.05) is 13.1 Å². The third kappa shape index (κ3) is 2.16. The average molecular weight is 236 g/mol. The van der Waals surface area contributed by atoms with E-state index in [0.717, 1.165) is 28.7 Å². The van der Waals surface area contributed by atoms with E-state index in [1.54, 1.807) is 0 Å². The van der Waals surface area contributed by atoms with Gasteiger partial charge in [0.15, 0.2) is 0 Å². The average Bonchev–Trinajstić information content (AvgIpc) is 2.57. The number of aryl methyl sites for hydroxylation is 2. The zero-order chi connectivity index (χ0) is 11.7. The molecule has 1 aliphatic rings. The van der Waals surface area contributed by atoms with E-state index in [2.05, 4.69) is 24.1 Å². The molecule has 0 aromatic carbocycles. The zero-order valence-electron chi connectivity index (χ0n) is 9.86. The summed E-state index contributed by atoms with van der Waals surface area (Å²) in [6, 6.07) is 0. The summed E-state index contributed by atoms with van der Waals surface area (Å²) in [5.41, 5.74) is 0.856. The molecule has 0 saturated heterocycles. The molecule has 1 amide bonds. The highest BCUT2D eigenvalue weighted by molar-refractivity contribution is 7.13. The number of carbonyl (C=O) groups is 1. The molecule has 1 aliphatic heterocycles. The van der Waals surface area contributed by atoms with Gasteiger partial charge in [-0.1, -0.05) is 19.1 Å². The van der Waals surface area contributed by atoms with Crippen molar-refractivity contribution in [2.45, 2.75) is 20.8 Å². The summed E-state index contributed by atoms with van der Waals surface area (Å²) < 4.78 is 0. The second kappa shape index (κ2) is 4.37. The Hall–Kier alpha value is -1.16. The molecule has 0 saturated carbocycles. The fraction of sp³-hybridized carbons (Fsp3) is 0.500. The Labute approximate surface area is 99.8 Å². The number of hydrogen-bond acceptors (Lipinski definition) is 3. The van der Waals surface area contributed by atoms with Gasteiger partial charge in [0.2, 0.25) is 0 Å². The summed E-state index contributed by atoms with van der Waals surface area (Å²) >= 11 is 1.49. The Balaban J connectivity index is 2.19. The molecule has 2 rings (SSSR count). The van der Waals surface area contributed by atoms with Crippen molar-refractivity contribution in [3.05, 3.63) is 27.7 Å². The van der Waals surface area contributed by atoms with Crippen molar-refractivity contribution in [1.82, 2.24) is 9.88 Å². The van der Waals surface area contributed by atoms with Gasteiger partial charge in [-0.15, -0.1) is 11.3 Å². The third-order valence-corrected chi connectivity index (χ3v) is 3.74. The van der Waals surface area contributed by atoms with Crippen LogP contribution in [0, 0.1) is 19.8 Å². The van der Waals surface area contributed by atoms with Gasteiger partial charge in [-0.3, -0.25) is 4.79 Å². The molecule has 16 heavy (non-hydrogen) atoms. The first-order chi connectivity index (χ1) is 7.58. The predicted octanol–water partition coefficient (Wildman–Crippen LogP) is 2.41. The molecule has 0 aliphatic carbocycles. The minimum Gasteiger partial charge on any atom is -0.334 e. The topological polar surface area (TPSA) is 33.2 Å². The summed E-state index contributed by atoms with van der Waals surface area (Å²) in [4.78, 5) is 19.2. The van der Waals surface area contributed by atoms with E-state index in [4.69, 9.17) is 0 Å². The van der Waals surface area contributed by atoms with E-state index in [1.807, 2.05) is 18.7 Å². The van der Waals surface area contributed by atoms with Crippen molar-refractivity contribution in [1.29, 1.82) is 0 Å². The fourth-order valence-electron chi connectivity index (χ4n) is 1.94. The summed E-state index contributed by atoms with van der Waals surface area (Å²) in [6.45, 7) is 7.50. The van der Waals surface area contributed by atoms with Crippen LogP contribution in [0.5, 0.6) is 0 Å². The van der Waals surface area contributed by atoms with E-state index >= 15 is 0 Å². The quantitative estimate of drug-likeness (QED) is 0.702. The van der Waals surface area contributed by atoms with Crippen LogP contribution in [0.2, 0.25) is 0 Å². The predicted molar refractivity (Wildman–Crippen MR) is 65.8 cm³/mol. The monoisotopic (exact) mass is 236 g/mol. The van der Waals surface area contributed by atoms with Gasteiger partial charge in [0.25, 0.3) is 5.91 Å². The van der Waals surface area contributed by atoms with Crippen LogP contribution in [0.15, 0.2) is 12.2 Å². The number of hydrogen-bond donors (Lipinski definition) is 0. The Kier molecular flexibility index (Phi) is 3.10. The van der Waals surface area contributed by atoms with Gasteiger partial charge in [-0.2, -0.15) is 0 Å². The lowest BCUT2D eigenvalue weighted by atomic mass is 10.1. The lowest BCUT2D eigenvalue weighted by Crippen LogP contribution is -2.36. The molecule has 0 N–H and O–H groups in total. The van der Waals surface area contributed by atoms with Crippen molar-refractivity contribution in [3.8, 4) is 0 Å². The third-order valence-electron chi connectivity index (χ3n) is 2.68. The van der Waals surface area contributed by atoms with E-state index in [1.165, 1.54) is 11.3 Å². The maximum Gasteiger partial charge on any atom is 0.266 e. The Morgan fingerprint density at radius 3 is 2.88 bits per heavy atom. The second-order valence-corrected chi connectivity index (χ2v) is 5.47. The summed E-state index contributed by atoms with van der Waals surface area (Å²) in [5.74, 6) is 0.575. The van der Waals surface area contributed by atoms with E-state index in [0.29, 0.717) is 5.92 Å². The van der Waals surface area contributed by atoms with E-state index in [9.17, 15) is 4.79 Å². The molecule has 3 nitrogen and oxygen atoms in total. The number of nitrogens with zero attached hydrogens (tertiary/aromatic N) is 2. The Morgan fingerprint density at radius 2 is 2.31 bits per heavy atom. The van der Waals surface area contributed by atoms with Crippen molar-refractivity contribution >= 4 is 17.2 Å².